The molecule has 0 spiro atoms. The molecule has 1 N–H and O–H groups in total. The van der Waals surface area contributed by atoms with E-state index in [0.29, 0.717) is 12.1 Å². The Morgan fingerprint density at radius 1 is 1.30 bits per heavy atom. The lowest BCUT2D eigenvalue weighted by Gasteiger charge is -2.32. The molecule has 0 aromatic heterocycles. The van der Waals surface area contributed by atoms with Crippen LogP contribution in [0.25, 0.3) is 0 Å². The molecule has 0 saturated carbocycles. The van der Waals surface area contributed by atoms with E-state index in [0.717, 1.165) is 24.1 Å². The first kappa shape index (κ1) is 17.3. The molecular weight excluding hydrogens is 298 g/mol. The lowest BCUT2D eigenvalue weighted by atomic mass is 9.97. The van der Waals surface area contributed by atoms with Crippen LogP contribution in [0.1, 0.15) is 44.4 Å². The van der Waals surface area contributed by atoms with Crippen LogP contribution in [0.2, 0.25) is 0 Å². The van der Waals surface area contributed by atoms with Crippen LogP contribution in [0, 0.1) is 0 Å². The van der Waals surface area contributed by atoms with E-state index < -0.39 is 17.7 Å². The Kier molecular flexibility index (Phi) is 4.94. The monoisotopic (exact) mass is 321 g/mol. The summed E-state index contributed by atoms with van der Waals surface area (Å²) in [5.74, 6) is -1.03. The Hall–Kier alpha value is -2.08. The van der Waals surface area contributed by atoms with Crippen LogP contribution in [-0.2, 0) is 20.7 Å². The number of ether oxygens (including phenoxy) is 2. The SMILES string of the molecule is COC(C(=O)O)c1ccc2c(c1)CCCN2C(=O)OC(C)(C)C. The van der Waals surface area contributed by atoms with Gasteiger partial charge in [-0.05, 0) is 50.8 Å². The van der Waals surface area contributed by atoms with E-state index in [-0.39, 0.29) is 6.09 Å². The van der Waals surface area contributed by atoms with E-state index >= 15 is 0 Å². The number of fused-ring (bicyclic) bond motifs is 1. The lowest BCUT2D eigenvalue weighted by molar-refractivity contribution is -0.148. The van der Waals surface area contributed by atoms with Gasteiger partial charge in [-0.15, -0.1) is 0 Å². The van der Waals surface area contributed by atoms with Crippen molar-refractivity contribution in [3.8, 4) is 0 Å². The fourth-order valence-electron chi connectivity index (χ4n) is 2.67. The summed E-state index contributed by atoms with van der Waals surface area (Å²) in [6.07, 6.45) is 0.212. The zero-order chi connectivity index (χ0) is 17.2. The average Bonchev–Trinajstić information content (AvgIpc) is 2.45. The predicted octanol–water partition coefficient (Wildman–Crippen LogP) is 3.15. The average molecular weight is 321 g/mol. The first-order chi connectivity index (χ1) is 10.7. The maximum absolute atomic E-state index is 12.3. The summed E-state index contributed by atoms with van der Waals surface area (Å²) in [6.45, 7) is 6.08. The Labute approximate surface area is 136 Å². The molecule has 0 aliphatic carbocycles. The largest absolute Gasteiger partial charge is 0.479 e. The van der Waals surface area contributed by atoms with Crippen LogP contribution in [0.4, 0.5) is 10.5 Å². The highest BCUT2D eigenvalue weighted by Crippen LogP contribution is 2.31. The predicted molar refractivity (Wildman–Crippen MR) is 85.7 cm³/mol. The molecule has 1 unspecified atom stereocenters. The van der Waals surface area contributed by atoms with Gasteiger partial charge < -0.3 is 14.6 Å². The number of carbonyl (C=O) groups is 2. The van der Waals surface area contributed by atoms with Crippen molar-refractivity contribution in [2.45, 2.75) is 45.3 Å². The molecule has 126 valence electrons. The maximum Gasteiger partial charge on any atom is 0.414 e. The highest BCUT2D eigenvalue weighted by Gasteiger charge is 2.28. The second kappa shape index (κ2) is 6.58. The number of carbonyl (C=O) groups excluding carboxylic acids is 1. The topological polar surface area (TPSA) is 76.1 Å². The number of aryl methyl sites for hydroxylation is 1. The molecule has 0 saturated heterocycles. The number of carboxylic acid groups (broad SMARTS) is 1. The molecule has 23 heavy (non-hydrogen) atoms. The van der Waals surface area contributed by atoms with Crippen LogP contribution in [0.3, 0.4) is 0 Å². The molecule has 1 aromatic rings. The van der Waals surface area contributed by atoms with Gasteiger partial charge in [0.1, 0.15) is 5.60 Å². The summed E-state index contributed by atoms with van der Waals surface area (Å²) in [5, 5.41) is 9.19. The minimum absolute atomic E-state index is 0.382. The van der Waals surface area contributed by atoms with Crippen molar-refractivity contribution in [2.24, 2.45) is 0 Å². The van der Waals surface area contributed by atoms with E-state index in [4.69, 9.17) is 9.47 Å². The van der Waals surface area contributed by atoms with Crippen LogP contribution in [0.5, 0.6) is 0 Å². The zero-order valence-corrected chi connectivity index (χ0v) is 14.0. The second-order valence-corrected chi connectivity index (χ2v) is 6.58. The maximum atomic E-state index is 12.3. The minimum Gasteiger partial charge on any atom is -0.479 e. The summed E-state index contributed by atoms with van der Waals surface area (Å²) in [7, 11) is 1.37. The normalized spacial score (nSPS) is 15.7. The summed E-state index contributed by atoms with van der Waals surface area (Å²) in [4.78, 5) is 25.2. The smallest absolute Gasteiger partial charge is 0.414 e. The van der Waals surface area contributed by atoms with Gasteiger partial charge in [0.05, 0.1) is 5.69 Å². The van der Waals surface area contributed by atoms with Gasteiger partial charge in [0.15, 0.2) is 6.10 Å². The van der Waals surface area contributed by atoms with Crippen molar-refractivity contribution < 1.29 is 24.2 Å². The van der Waals surface area contributed by atoms with E-state index in [1.54, 1.807) is 23.1 Å². The van der Waals surface area contributed by atoms with E-state index in [1.165, 1.54) is 7.11 Å². The van der Waals surface area contributed by atoms with E-state index in [9.17, 15) is 14.7 Å². The molecule has 6 nitrogen and oxygen atoms in total. The third-order valence-corrected chi connectivity index (χ3v) is 3.60. The zero-order valence-electron chi connectivity index (χ0n) is 14.0. The number of methoxy groups -OCH3 is 1. The Morgan fingerprint density at radius 3 is 2.57 bits per heavy atom. The first-order valence-corrected chi connectivity index (χ1v) is 7.62. The summed E-state index contributed by atoms with van der Waals surface area (Å²) >= 11 is 0. The van der Waals surface area contributed by atoms with Gasteiger partial charge in [-0.1, -0.05) is 12.1 Å². The third kappa shape index (κ3) is 4.01. The van der Waals surface area contributed by atoms with Gasteiger partial charge in [0, 0.05) is 13.7 Å². The highest BCUT2D eigenvalue weighted by molar-refractivity contribution is 5.89. The summed E-state index contributed by atoms with van der Waals surface area (Å²) < 4.78 is 10.5. The van der Waals surface area contributed by atoms with Crippen molar-refractivity contribution in [1.29, 1.82) is 0 Å². The van der Waals surface area contributed by atoms with Crippen molar-refractivity contribution in [2.75, 3.05) is 18.6 Å². The van der Waals surface area contributed by atoms with E-state index in [1.807, 2.05) is 20.8 Å². The number of nitrogens with zero attached hydrogens (tertiary/aromatic N) is 1. The van der Waals surface area contributed by atoms with Crippen LogP contribution < -0.4 is 4.90 Å². The number of carboxylic acids is 1. The summed E-state index contributed by atoms with van der Waals surface area (Å²) in [5.41, 5.74) is 1.72. The first-order valence-electron chi connectivity index (χ1n) is 7.62. The van der Waals surface area contributed by atoms with Crippen molar-refractivity contribution >= 4 is 17.7 Å². The molecule has 0 fully saturated rings. The number of anilines is 1. The van der Waals surface area contributed by atoms with Crippen LogP contribution in [-0.4, -0.2) is 36.4 Å². The molecule has 1 aliphatic heterocycles. The minimum atomic E-state index is -1.03. The standard InChI is InChI=1S/C17H23NO5/c1-17(2,3)23-16(21)18-9-5-6-11-10-12(7-8-13(11)18)14(22-4)15(19)20/h7-8,10,14H,5-6,9H2,1-4H3,(H,19,20). The van der Waals surface area contributed by atoms with Gasteiger partial charge in [-0.3, -0.25) is 4.90 Å². The molecule has 2 rings (SSSR count). The van der Waals surface area contributed by atoms with E-state index in [2.05, 4.69) is 0 Å². The fourth-order valence-corrected chi connectivity index (χ4v) is 2.67. The molecular formula is C17H23NO5. The van der Waals surface area contributed by atoms with Gasteiger partial charge >= 0.3 is 12.1 Å². The number of amides is 1. The molecule has 1 aliphatic rings. The van der Waals surface area contributed by atoms with Crippen molar-refractivity contribution in [3.63, 3.8) is 0 Å². The Balaban J connectivity index is 2.30. The van der Waals surface area contributed by atoms with Crippen molar-refractivity contribution in [3.05, 3.63) is 29.3 Å². The molecule has 1 amide bonds. The van der Waals surface area contributed by atoms with Gasteiger partial charge in [-0.25, -0.2) is 9.59 Å². The quantitative estimate of drug-likeness (QED) is 0.925. The molecule has 0 radical (unpaired) electrons. The Morgan fingerprint density at radius 2 is 2.00 bits per heavy atom. The Bertz CT molecular complexity index is 605. The molecule has 1 aromatic carbocycles. The summed E-state index contributed by atoms with van der Waals surface area (Å²) in [6, 6.07) is 5.25. The number of aliphatic carboxylic acids is 1. The van der Waals surface area contributed by atoms with Gasteiger partial charge in [0.2, 0.25) is 0 Å². The van der Waals surface area contributed by atoms with Crippen LogP contribution >= 0.6 is 0 Å². The lowest BCUT2D eigenvalue weighted by Crippen LogP contribution is -2.39. The van der Waals surface area contributed by atoms with Crippen molar-refractivity contribution in [1.82, 2.24) is 0 Å². The third-order valence-electron chi connectivity index (χ3n) is 3.60. The second-order valence-electron chi connectivity index (χ2n) is 6.58. The highest BCUT2D eigenvalue weighted by atomic mass is 16.6. The number of hydrogen-bond donors (Lipinski definition) is 1. The van der Waals surface area contributed by atoms with Gasteiger partial charge in [-0.2, -0.15) is 0 Å². The molecule has 6 heteroatoms. The molecule has 0 bridgehead atoms. The van der Waals surface area contributed by atoms with Gasteiger partial charge in [0.25, 0.3) is 0 Å². The molecule has 1 heterocycles. The fraction of sp³-hybridized carbons (Fsp3) is 0.529. The number of hydrogen-bond acceptors (Lipinski definition) is 4. The number of benzene rings is 1. The van der Waals surface area contributed by atoms with Crippen LogP contribution in [0.15, 0.2) is 18.2 Å². The number of rotatable bonds is 3. The molecule has 1 atom stereocenters.